The average molecular weight is 738 g/mol. The predicted octanol–water partition coefficient (Wildman–Crippen LogP) is 10.7. The SMILES string of the molecule is O=C(Cc1cnc2c(ccc3ccccc32)c1)c1cc(C(=O)Nc2cnc3c(ccc4ccccc43)c2)cc(C(=O)Nc2cnc3c(ccc4ccccc43)c2)c1. The molecule has 3 aromatic heterocycles. The summed E-state index contributed by atoms with van der Waals surface area (Å²) in [4.78, 5) is 56.0. The lowest BCUT2D eigenvalue weighted by atomic mass is 9.97. The molecule has 8 heteroatoms. The van der Waals surface area contributed by atoms with E-state index in [0.717, 1.165) is 65.0 Å². The first-order valence-electron chi connectivity index (χ1n) is 18.6. The van der Waals surface area contributed by atoms with Gasteiger partial charge in [-0.15, -0.1) is 0 Å². The van der Waals surface area contributed by atoms with Gasteiger partial charge in [0.15, 0.2) is 5.78 Å². The van der Waals surface area contributed by atoms with Crippen LogP contribution in [0.5, 0.6) is 0 Å². The molecular formula is C49H31N5O3. The summed E-state index contributed by atoms with van der Waals surface area (Å²) in [6.45, 7) is 0. The molecule has 10 aromatic rings. The maximum Gasteiger partial charge on any atom is 0.255 e. The Morgan fingerprint density at radius 2 is 0.789 bits per heavy atom. The molecule has 8 nitrogen and oxygen atoms in total. The van der Waals surface area contributed by atoms with Gasteiger partial charge in [0.05, 0.1) is 40.3 Å². The number of hydrogen-bond donors (Lipinski definition) is 2. The largest absolute Gasteiger partial charge is 0.321 e. The summed E-state index contributed by atoms with van der Waals surface area (Å²) in [6.07, 6.45) is 4.96. The number of nitrogens with one attached hydrogen (secondary N) is 2. The van der Waals surface area contributed by atoms with E-state index in [1.165, 1.54) is 18.2 Å². The molecule has 0 radical (unpaired) electrons. The normalized spacial score (nSPS) is 11.4. The fourth-order valence-corrected chi connectivity index (χ4v) is 7.64. The summed E-state index contributed by atoms with van der Waals surface area (Å²) in [5, 5.41) is 14.8. The number of fused-ring (bicyclic) bond motifs is 9. The third-order valence-corrected chi connectivity index (χ3v) is 10.4. The molecule has 0 bridgehead atoms. The minimum absolute atomic E-state index is 0.0208. The van der Waals surface area contributed by atoms with Crippen molar-refractivity contribution in [1.29, 1.82) is 0 Å². The van der Waals surface area contributed by atoms with E-state index in [1.54, 1.807) is 18.6 Å². The zero-order valence-corrected chi connectivity index (χ0v) is 30.4. The number of hydrogen-bond acceptors (Lipinski definition) is 6. The van der Waals surface area contributed by atoms with E-state index in [0.29, 0.717) is 16.9 Å². The highest BCUT2D eigenvalue weighted by Gasteiger charge is 2.19. The lowest BCUT2D eigenvalue weighted by molar-refractivity contribution is 0.0992. The molecule has 0 unspecified atom stereocenters. The number of pyridine rings is 3. The molecule has 0 fully saturated rings. The van der Waals surface area contributed by atoms with Gasteiger partial charge in [0.1, 0.15) is 0 Å². The Bertz CT molecular complexity index is 2940. The van der Waals surface area contributed by atoms with E-state index >= 15 is 0 Å². The maximum atomic E-state index is 14.0. The Hall–Kier alpha value is -7.84. The Morgan fingerprint density at radius 1 is 0.404 bits per heavy atom. The smallest absolute Gasteiger partial charge is 0.255 e. The van der Waals surface area contributed by atoms with Gasteiger partial charge in [0.2, 0.25) is 0 Å². The van der Waals surface area contributed by atoms with E-state index < -0.39 is 11.8 Å². The average Bonchev–Trinajstić information content (AvgIpc) is 3.25. The number of carbonyl (C=O) groups is 3. The zero-order valence-electron chi connectivity index (χ0n) is 30.4. The van der Waals surface area contributed by atoms with Crippen molar-refractivity contribution in [2.45, 2.75) is 6.42 Å². The van der Waals surface area contributed by atoms with Crippen molar-refractivity contribution in [2.24, 2.45) is 0 Å². The van der Waals surface area contributed by atoms with Crippen LogP contribution in [0.3, 0.4) is 0 Å². The number of carbonyl (C=O) groups excluding carboxylic acids is 3. The lowest BCUT2D eigenvalue weighted by Gasteiger charge is -2.12. The second kappa shape index (κ2) is 13.8. The quantitative estimate of drug-likeness (QED) is 0.124. The number of aromatic nitrogens is 3. The van der Waals surface area contributed by atoms with E-state index in [9.17, 15) is 14.4 Å². The van der Waals surface area contributed by atoms with Gasteiger partial charge in [-0.25, -0.2) is 0 Å². The number of benzene rings is 7. The van der Waals surface area contributed by atoms with Gasteiger partial charge in [-0.2, -0.15) is 0 Å². The summed E-state index contributed by atoms with van der Waals surface area (Å²) in [5.41, 5.74) is 4.70. The first-order valence-corrected chi connectivity index (χ1v) is 18.6. The van der Waals surface area contributed by atoms with E-state index in [1.807, 2.05) is 127 Å². The van der Waals surface area contributed by atoms with E-state index in [-0.39, 0.29) is 28.9 Å². The van der Waals surface area contributed by atoms with Crippen LogP contribution in [-0.4, -0.2) is 32.5 Å². The Balaban J connectivity index is 0.978. The van der Waals surface area contributed by atoms with Crippen LogP contribution in [0.15, 0.2) is 164 Å². The molecule has 0 aliphatic carbocycles. The topological polar surface area (TPSA) is 114 Å². The van der Waals surface area contributed by atoms with Crippen LogP contribution < -0.4 is 10.6 Å². The van der Waals surface area contributed by atoms with Gasteiger partial charge in [-0.1, -0.05) is 109 Å². The number of Topliss-reactive ketones (excluding diaryl/α,β-unsaturated/α-hetero) is 1. The fourth-order valence-electron chi connectivity index (χ4n) is 7.64. The molecule has 270 valence electrons. The fraction of sp³-hybridized carbons (Fsp3) is 0.0204. The molecule has 57 heavy (non-hydrogen) atoms. The van der Waals surface area contributed by atoms with Crippen molar-refractivity contribution in [3.05, 3.63) is 186 Å². The summed E-state index contributed by atoms with van der Waals surface area (Å²) in [5.74, 6) is -1.24. The van der Waals surface area contributed by atoms with Crippen molar-refractivity contribution >= 4 is 94.0 Å². The van der Waals surface area contributed by atoms with Gasteiger partial charge in [-0.05, 0) is 58.1 Å². The van der Waals surface area contributed by atoms with Gasteiger partial charge >= 0.3 is 0 Å². The van der Waals surface area contributed by atoms with Gasteiger partial charge in [0.25, 0.3) is 11.8 Å². The van der Waals surface area contributed by atoms with Crippen molar-refractivity contribution in [3.63, 3.8) is 0 Å². The summed E-state index contributed by atoms with van der Waals surface area (Å²) < 4.78 is 0. The molecule has 10 rings (SSSR count). The van der Waals surface area contributed by atoms with Crippen LogP contribution in [0.4, 0.5) is 11.4 Å². The highest BCUT2D eigenvalue weighted by Crippen LogP contribution is 2.29. The van der Waals surface area contributed by atoms with Crippen LogP contribution in [0.25, 0.3) is 65.0 Å². The molecule has 3 heterocycles. The summed E-state index contributed by atoms with van der Waals surface area (Å²) >= 11 is 0. The molecule has 0 saturated heterocycles. The zero-order chi connectivity index (χ0) is 38.5. The summed E-state index contributed by atoms with van der Waals surface area (Å²) in [6, 6.07) is 46.3. The molecule has 2 N–H and O–H groups in total. The summed E-state index contributed by atoms with van der Waals surface area (Å²) in [7, 11) is 0. The first kappa shape index (κ1) is 33.7. The predicted molar refractivity (Wildman–Crippen MR) is 228 cm³/mol. The van der Waals surface area contributed by atoms with E-state index in [4.69, 9.17) is 4.98 Å². The Morgan fingerprint density at radius 3 is 1.26 bits per heavy atom. The molecule has 0 aliphatic heterocycles. The second-order valence-corrected chi connectivity index (χ2v) is 14.2. The van der Waals surface area contributed by atoms with Crippen molar-refractivity contribution in [1.82, 2.24) is 15.0 Å². The van der Waals surface area contributed by atoms with Gasteiger partial charge in [0, 0.05) is 61.6 Å². The molecular weight excluding hydrogens is 707 g/mol. The molecule has 0 saturated carbocycles. The van der Waals surface area contributed by atoms with Crippen LogP contribution in [0.2, 0.25) is 0 Å². The molecule has 7 aromatic carbocycles. The van der Waals surface area contributed by atoms with E-state index in [2.05, 4.69) is 20.6 Å². The molecule has 0 aliphatic rings. The standard InChI is InChI=1S/C49H31N5O3/c55-44(20-29-19-33-16-13-30-7-1-4-10-41(30)45(33)50-26-29)36-21-37(48(56)53-39-24-34-17-14-31-8-2-5-11-42(31)46(34)51-27-39)23-38(22-36)49(57)54-40-25-35-18-15-32-9-3-6-12-43(32)47(35)52-28-40/h1-19,21-28H,20H2,(H,53,56)(H,54,57). The second-order valence-electron chi connectivity index (χ2n) is 14.2. The highest BCUT2D eigenvalue weighted by atomic mass is 16.2. The lowest BCUT2D eigenvalue weighted by Crippen LogP contribution is -2.18. The molecule has 0 spiro atoms. The van der Waals surface area contributed by atoms with Crippen molar-refractivity contribution in [3.8, 4) is 0 Å². The molecule has 2 amide bonds. The number of rotatable bonds is 7. The Labute approximate surface area is 325 Å². The van der Waals surface area contributed by atoms with Crippen molar-refractivity contribution in [2.75, 3.05) is 10.6 Å². The number of anilines is 2. The van der Waals surface area contributed by atoms with Crippen LogP contribution in [0.1, 0.15) is 36.6 Å². The minimum Gasteiger partial charge on any atom is -0.321 e. The number of ketones is 1. The minimum atomic E-state index is -0.487. The van der Waals surface area contributed by atoms with Crippen LogP contribution >= 0.6 is 0 Å². The highest BCUT2D eigenvalue weighted by molar-refractivity contribution is 6.13. The van der Waals surface area contributed by atoms with Crippen LogP contribution in [0, 0.1) is 0 Å². The van der Waals surface area contributed by atoms with Gasteiger partial charge < -0.3 is 10.6 Å². The maximum absolute atomic E-state index is 14.0. The Kier molecular flexibility index (Phi) is 8.15. The third-order valence-electron chi connectivity index (χ3n) is 10.4. The first-order chi connectivity index (χ1) is 27.9. The van der Waals surface area contributed by atoms with Crippen molar-refractivity contribution < 1.29 is 14.4 Å². The van der Waals surface area contributed by atoms with Gasteiger partial charge in [-0.3, -0.25) is 29.3 Å². The van der Waals surface area contributed by atoms with Crippen LogP contribution in [-0.2, 0) is 6.42 Å². The monoisotopic (exact) mass is 737 g/mol. The molecule has 0 atom stereocenters. The number of amides is 2. The third kappa shape index (κ3) is 6.35. The number of nitrogens with zero attached hydrogens (tertiary/aromatic N) is 3.